The van der Waals surface area contributed by atoms with Crippen LogP contribution >= 0.6 is 7.82 Å². The molecule has 8 atom stereocenters. The van der Waals surface area contributed by atoms with E-state index in [9.17, 15) is 50.0 Å². The molecule has 1 fully saturated rings. The highest BCUT2D eigenvalue weighted by molar-refractivity contribution is 7.47. The molecule has 0 aromatic rings. The summed E-state index contributed by atoms with van der Waals surface area (Å²) in [6.07, 6.45) is 23.1. The summed E-state index contributed by atoms with van der Waals surface area (Å²) in [5, 5.41) is 74.4. The maximum absolute atomic E-state index is 13.0. The Morgan fingerprint density at radius 1 is 0.593 bits per heavy atom. The van der Waals surface area contributed by atoms with Crippen LogP contribution in [0.5, 0.6) is 0 Å². The lowest BCUT2D eigenvalue weighted by atomic mass is 9.85. The van der Waals surface area contributed by atoms with Gasteiger partial charge >= 0.3 is 7.82 Å². The van der Waals surface area contributed by atoms with Gasteiger partial charge in [-0.25, -0.2) is 4.57 Å². The number of rotatable bonds is 39. The number of carbonyl (C=O) groups excluding carboxylic acids is 1. The van der Waals surface area contributed by atoms with Gasteiger partial charge in [0.25, 0.3) is 0 Å². The number of hydrogen-bond donors (Lipinski definition) is 9. The highest BCUT2D eigenvalue weighted by Crippen LogP contribution is 2.47. The van der Waals surface area contributed by atoms with Gasteiger partial charge in [-0.1, -0.05) is 193 Å². The number of nitrogens with one attached hydrogen (secondary N) is 1. The minimum absolute atomic E-state index is 0.240. The second-order valence-corrected chi connectivity index (χ2v) is 18.6. The second-order valence-electron chi connectivity index (χ2n) is 17.2. The van der Waals surface area contributed by atoms with E-state index in [1.165, 1.54) is 134 Å². The van der Waals surface area contributed by atoms with Gasteiger partial charge in [0.2, 0.25) is 5.91 Å². The number of allylic oxidation sites excluding steroid dienone is 1. The Balaban J connectivity index is 2.48. The number of aliphatic hydroxyl groups excluding tert-OH is 7. The van der Waals surface area contributed by atoms with Gasteiger partial charge < -0.3 is 46.0 Å². The van der Waals surface area contributed by atoms with Crippen molar-refractivity contribution in [2.45, 2.75) is 261 Å². The smallest absolute Gasteiger partial charge is 0.393 e. The summed E-state index contributed by atoms with van der Waals surface area (Å²) in [7, 11) is -5.13. The molecule has 0 aromatic carbocycles. The third kappa shape index (κ3) is 27.7. The molecule has 0 spiro atoms. The molecule has 350 valence electrons. The van der Waals surface area contributed by atoms with Crippen molar-refractivity contribution in [3.63, 3.8) is 0 Å². The number of unbranched alkanes of at least 4 members (excludes halogenated alkanes) is 26. The standard InChI is InChI=1S/C45H88NO12P/c1-3-5-7-9-11-13-15-16-17-18-19-20-21-23-24-26-28-30-32-36(47)34-39(49)46-37(38(48)33-31-29-27-25-22-14-12-10-8-6-4-2)35-57-59(55,56)58-45-43(53)41(51)40(50)42(52)44(45)54/h31,33,36-38,40-45,47-48,50-54H,3-30,32,34-35H2,1-2H3,(H,46,49)(H,55,56)/b33-31+. The van der Waals surface area contributed by atoms with Crippen molar-refractivity contribution < 1.29 is 59.0 Å². The van der Waals surface area contributed by atoms with Crippen LogP contribution in [0.15, 0.2) is 12.2 Å². The van der Waals surface area contributed by atoms with Gasteiger partial charge in [0.15, 0.2) is 0 Å². The summed E-state index contributed by atoms with van der Waals surface area (Å²) in [6, 6.07) is -1.23. The average molecular weight is 866 g/mol. The van der Waals surface area contributed by atoms with E-state index in [0.717, 1.165) is 44.9 Å². The fourth-order valence-electron chi connectivity index (χ4n) is 7.71. The monoisotopic (exact) mass is 866 g/mol. The van der Waals surface area contributed by atoms with Crippen molar-refractivity contribution in [2.75, 3.05) is 6.61 Å². The summed E-state index contributed by atoms with van der Waals surface area (Å²) >= 11 is 0. The molecule has 0 heterocycles. The fraction of sp³-hybridized carbons (Fsp3) is 0.933. The van der Waals surface area contributed by atoms with Gasteiger partial charge in [-0.2, -0.15) is 0 Å². The Morgan fingerprint density at radius 3 is 1.39 bits per heavy atom. The predicted octanol–water partition coefficient (Wildman–Crippen LogP) is 7.81. The van der Waals surface area contributed by atoms with E-state index in [1.807, 2.05) is 0 Å². The van der Waals surface area contributed by atoms with Gasteiger partial charge in [-0.3, -0.25) is 13.8 Å². The Morgan fingerprint density at radius 2 is 0.966 bits per heavy atom. The average Bonchev–Trinajstić information content (AvgIpc) is 3.21. The van der Waals surface area contributed by atoms with E-state index >= 15 is 0 Å². The zero-order valence-electron chi connectivity index (χ0n) is 36.9. The minimum atomic E-state index is -5.13. The maximum Gasteiger partial charge on any atom is 0.472 e. The van der Waals surface area contributed by atoms with Gasteiger partial charge in [-0.15, -0.1) is 0 Å². The van der Waals surface area contributed by atoms with Crippen LogP contribution in [0.4, 0.5) is 0 Å². The first-order valence-corrected chi connectivity index (χ1v) is 25.2. The van der Waals surface area contributed by atoms with Crippen molar-refractivity contribution in [1.29, 1.82) is 0 Å². The number of aliphatic hydroxyl groups is 7. The van der Waals surface area contributed by atoms with E-state index < -0.39 is 75.2 Å². The van der Waals surface area contributed by atoms with Crippen LogP contribution in [-0.4, -0.2) is 108 Å². The molecule has 1 rings (SSSR count). The molecule has 0 aliphatic heterocycles. The first-order chi connectivity index (χ1) is 28.3. The molecule has 1 saturated carbocycles. The van der Waals surface area contributed by atoms with Gasteiger partial charge in [0, 0.05) is 0 Å². The van der Waals surface area contributed by atoms with E-state index in [4.69, 9.17) is 9.05 Å². The predicted molar refractivity (Wildman–Crippen MR) is 234 cm³/mol. The molecule has 0 bridgehead atoms. The highest BCUT2D eigenvalue weighted by Gasteiger charge is 2.51. The molecule has 0 saturated heterocycles. The number of phosphoric acid groups is 1. The molecular formula is C45H88NO12P. The molecule has 9 N–H and O–H groups in total. The lowest BCUT2D eigenvalue weighted by Crippen LogP contribution is -2.64. The second kappa shape index (κ2) is 35.5. The molecule has 13 nitrogen and oxygen atoms in total. The summed E-state index contributed by atoms with van der Waals surface area (Å²) < 4.78 is 22.8. The normalized spacial score (nSPS) is 23.6. The zero-order valence-corrected chi connectivity index (χ0v) is 37.8. The molecule has 1 amide bonds. The summed E-state index contributed by atoms with van der Waals surface area (Å²) in [5.41, 5.74) is 0. The van der Waals surface area contributed by atoms with Crippen LogP contribution in [0, 0.1) is 0 Å². The number of hydrogen-bond acceptors (Lipinski definition) is 11. The van der Waals surface area contributed by atoms with Crippen molar-refractivity contribution in [3.8, 4) is 0 Å². The van der Waals surface area contributed by atoms with E-state index in [2.05, 4.69) is 19.2 Å². The Hall–Kier alpha value is -0.960. The Labute approximate surface area is 357 Å². The highest BCUT2D eigenvalue weighted by atomic mass is 31.2. The number of phosphoric ester groups is 1. The number of carbonyl (C=O) groups is 1. The van der Waals surface area contributed by atoms with Crippen LogP contribution in [0.25, 0.3) is 0 Å². The van der Waals surface area contributed by atoms with Crippen LogP contribution < -0.4 is 5.32 Å². The first kappa shape index (κ1) is 56.1. The maximum atomic E-state index is 13.0. The Kier molecular flexibility index (Phi) is 33.7. The minimum Gasteiger partial charge on any atom is -0.393 e. The fourth-order valence-corrected chi connectivity index (χ4v) is 8.68. The van der Waals surface area contributed by atoms with Crippen molar-refractivity contribution >= 4 is 13.7 Å². The molecule has 59 heavy (non-hydrogen) atoms. The lowest BCUT2D eigenvalue weighted by molar-refractivity contribution is -0.220. The molecule has 8 unspecified atom stereocenters. The zero-order chi connectivity index (χ0) is 43.7. The van der Waals surface area contributed by atoms with Crippen LogP contribution in [0.3, 0.4) is 0 Å². The van der Waals surface area contributed by atoms with Crippen LogP contribution in [0.1, 0.15) is 206 Å². The van der Waals surface area contributed by atoms with Crippen molar-refractivity contribution in [1.82, 2.24) is 5.32 Å². The summed E-state index contributed by atoms with van der Waals surface area (Å²) in [5.74, 6) is -0.591. The van der Waals surface area contributed by atoms with Gasteiger partial charge in [0.05, 0.1) is 31.3 Å². The quantitative estimate of drug-likeness (QED) is 0.0164. The first-order valence-electron chi connectivity index (χ1n) is 23.7. The molecule has 0 radical (unpaired) electrons. The van der Waals surface area contributed by atoms with Crippen molar-refractivity contribution in [3.05, 3.63) is 12.2 Å². The Bertz CT molecular complexity index is 1070. The third-order valence-corrected chi connectivity index (χ3v) is 12.6. The van der Waals surface area contributed by atoms with Gasteiger partial charge in [-0.05, 0) is 19.3 Å². The largest absolute Gasteiger partial charge is 0.472 e. The van der Waals surface area contributed by atoms with Crippen LogP contribution in [0.2, 0.25) is 0 Å². The summed E-state index contributed by atoms with van der Waals surface area (Å²) in [6.45, 7) is 3.73. The molecule has 1 aliphatic carbocycles. The topological polar surface area (TPSA) is 226 Å². The lowest BCUT2D eigenvalue weighted by Gasteiger charge is -2.41. The molecule has 0 aromatic heterocycles. The van der Waals surface area contributed by atoms with E-state index in [1.54, 1.807) is 6.08 Å². The SMILES string of the molecule is CCCCCCCCCCC/C=C/C(O)C(COP(=O)(O)OC1C(O)C(O)C(O)C(O)C1O)NC(=O)CC(O)CCCCCCCCCCCCCCCCCCCC. The van der Waals surface area contributed by atoms with Crippen LogP contribution in [-0.2, 0) is 18.4 Å². The molecular weight excluding hydrogens is 777 g/mol. The number of amides is 1. The third-order valence-electron chi connectivity index (χ3n) is 11.6. The molecule has 1 aliphatic rings. The molecule has 14 heteroatoms. The van der Waals surface area contributed by atoms with E-state index in [-0.39, 0.29) is 6.42 Å². The van der Waals surface area contributed by atoms with E-state index in [0.29, 0.717) is 12.8 Å². The summed E-state index contributed by atoms with van der Waals surface area (Å²) in [4.78, 5) is 23.4. The van der Waals surface area contributed by atoms with Gasteiger partial charge in [0.1, 0.15) is 36.6 Å². The van der Waals surface area contributed by atoms with Crippen molar-refractivity contribution in [2.24, 2.45) is 0 Å².